The number of nitrogens with zero attached hydrogens (tertiary/aromatic N) is 2. The average molecular weight is 275 g/mol. The number of aromatic nitrogens is 2. The Kier molecular flexibility index (Phi) is 4.34. The smallest absolute Gasteiger partial charge is 0.231 e. The summed E-state index contributed by atoms with van der Waals surface area (Å²) in [4.78, 5) is 15.4. The van der Waals surface area contributed by atoms with Crippen molar-refractivity contribution in [2.75, 3.05) is 14.2 Å². The molecule has 0 saturated heterocycles. The third-order valence-electron chi connectivity index (χ3n) is 3.00. The number of hydrogen-bond acceptors (Lipinski definition) is 5. The fourth-order valence-corrected chi connectivity index (χ4v) is 1.82. The number of methoxy groups -OCH3 is 1. The number of nitrogens with one attached hydrogen (secondary N) is 1. The van der Waals surface area contributed by atoms with Crippen LogP contribution in [0.4, 0.5) is 0 Å². The lowest BCUT2D eigenvalue weighted by atomic mass is 10.1. The standard InChI is InChI=1S/C14H17N3O3/c1-9-6-11(19-3)5-4-10(9)7-14-16-12(17-20-14)8-13(18)15-2/h4-6H,7-8H2,1-3H3,(H,15,18). The van der Waals surface area contributed by atoms with Gasteiger partial charge < -0.3 is 14.6 Å². The highest BCUT2D eigenvalue weighted by Crippen LogP contribution is 2.19. The molecule has 0 saturated carbocycles. The zero-order valence-electron chi connectivity index (χ0n) is 11.8. The van der Waals surface area contributed by atoms with Crippen LogP contribution < -0.4 is 10.1 Å². The Bertz CT molecular complexity index is 607. The van der Waals surface area contributed by atoms with E-state index < -0.39 is 0 Å². The Hall–Kier alpha value is -2.37. The molecular weight excluding hydrogens is 258 g/mol. The van der Waals surface area contributed by atoms with Crippen molar-refractivity contribution in [3.05, 3.63) is 41.0 Å². The van der Waals surface area contributed by atoms with Gasteiger partial charge in [-0.25, -0.2) is 0 Å². The van der Waals surface area contributed by atoms with Crippen molar-refractivity contribution in [2.45, 2.75) is 19.8 Å². The number of likely N-dealkylation sites (N-methyl/N-ethyl adjacent to an activating group) is 1. The second-order valence-electron chi connectivity index (χ2n) is 4.42. The number of rotatable bonds is 5. The number of hydrogen-bond donors (Lipinski definition) is 1. The summed E-state index contributed by atoms with van der Waals surface area (Å²) in [7, 11) is 3.21. The first-order valence-corrected chi connectivity index (χ1v) is 6.28. The number of benzene rings is 1. The molecule has 2 aromatic rings. The molecular formula is C14H17N3O3. The Morgan fingerprint density at radius 3 is 2.90 bits per heavy atom. The van der Waals surface area contributed by atoms with Gasteiger partial charge in [-0.05, 0) is 30.2 Å². The second kappa shape index (κ2) is 6.18. The van der Waals surface area contributed by atoms with E-state index in [0.29, 0.717) is 18.1 Å². The lowest BCUT2D eigenvalue weighted by molar-refractivity contribution is -0.120. The van der Waals surface area contributed by atoms with Crippen molar-refractivity contribution >= 4 is 5.91 Å². The van der Waals surface area contributed by atoms with Crippen molar-refractivity contribution in [3.8, 4) is 5.75 Å². The third-order valence-corrected chi connectivity index (χ3v) is 3.00. The first kappa shape index (κ1) is 14.0. The molecule has 0 spiro atoms. The fraction of sp³-hybridized carbons (Fsp3) is 0.357. The molecule has 0 aliphatic carbocycles. The zero-order valence-corrected chi connectivity index (χ0v) is 11.8. The molecule has 0 bridgehead atoms. The van der Waals surface area contributed by atoms with Crippen LogP contribution in [-0.4, -0.2) is 30.2 Å². The van der Waals surface area contributed by atoms with Gasteiger partial charge in [0, 0.05) is 7.05 Å². The van der Waals surface area contributed by atoms with Gasteiger partial charge in [0.05, 0.1) is 20.0 Å². The minimum absolute atomic E-state index is 0.127. The normalized spacial score (nSPS) is 10.3. The summed E-state index contributed by atoms with van der Waals surface area (Å²) in [5.41, 5.74) is 2.18. The van der Waals surface area contributed by atoms with E-state index in [1.54, 1.807) is 14.2 Å². The van der Waals surface area contributed by atoms with Crippen molar-refractivity contribution in [1.29, 1.82) is 0 Å². The molecule has 0 aliphatic heterocycles. The molecule has 1 heterocycles. The summed E-state index contributed by atoms with van der Waals surface area (Å²) in [6.45, 7) is 2.00. The van der Waals surface area contributed by atoms with E-state index in [4.69, 9.17) is 9.26 Å². The fourth-order valence-electron chi connectivity index (χ4n) is 1.82. The maximum Gasteiger partial charge on any atom is 0.231 e. The van der Waals surface area contributed by atoms with Gasteiger partial charge in [0.2, 0.25) is 11.8 Å². The van der Waals surface area contributed by atoms with E-state index in [0.717, 1.165) is 16.9 Å². The topological polar surface area (TPSA) is 77.2 Å². The lowest BCUT2D eigenvalue weighted by Gasteiger charge is -2.05. The lowest BCUT2D eigenvalue weighted by Crippen LogP contribution is -2.20. The molecule has 0 unspecified atom stereocenters. The summed E-state index contributed by atoms with van der Waals surface area (Å²) < 4.78 is 10.3. The molecule has 6 nitrogen and oxygen atoms in total. The van der Waals surface area contributed by atoms with Crippen LogP contribution in [-0.2, 0) is 17.6 Å². The average Bonchev–Trinajstić information content (AvgIpc) is 2.88. The predicted molar refractivity (Wildman–Crippen MR) is 72.6 cm³/mol. The molecule has 1 aromatic carbocycles. The van der Waals surface area contributed by atoms with Crippen molar-refractivity contribution in [1.82, 2.24) is 15.5 Å². The van der Waals surface area contributed by atoms with Crippen LogP contribution in [0.2, 0.25) is 0 Å². The van der Waals surface area contributed by atoms with Crippen LogP contribution >= 0.6 is 0 Å². The summed E-state index contributed by atoms with van der Waals surface area (Å²) >= 11 is 0. The van der Waals surface area contributed by atoms with Crippen molar-refractivity contribution < 1.29 is 14.1 Å². The molecule has 106 valence electrons. The van der Waals surface area contributed by atoms with Gasteiger partial charge >= 0.3 is 0 Å². The first-order chi connectivity index (χ1) is 9.62. The van der Waals surface area contributed by atoms with Crippen LogP contribution in [0.25, 0.3) is 0 Å². The number of amides is 1. The quantitative estimate of drug-likeness (QED) is 0.889. The third kappa shape index (κ3) is 3.34. The predicted octanol–water partition coefficient (Wildman–Crippen LogP) is 1.27. The Balaban J connectivity index is 2.08. The maximum atomic E-state index is 11.2. The van der Waals surface area contributed by atoms with E-state index in [2.05, 4.69) is 15.5 Å². The molecule has 0 atom stereocenters. The van der Waals surface area contributed by atoms with E-state index in [1.807, 2.05) is 25.1 Å². The summed E-state index contributed by atoms with van der Waals surface area (Å²) in [5.74, 6) is 1.57. The highest BCUT2D eigenvalue weighted by molar-refractivity contribution is 5.77. The van der Waals surface area contributed by atoms with Gasteiger partial charge in [-0.1, -0.05) is 11.2 Å². The first-order valence-electron chi connectivity index (χ1n) is 6.28. The number of carbonyl (C=O) groups excluding carboxylic acids is 1. The highest BCUT2D eigenvalue weighted by Gasteiger charge is 2.11. The van der Waals surface area contributed by atoms with Crippen LogP contribution in [0, 0.1) is 6.92 Å². The SMILES string of the molecule is CNC(=O)Cc1noc(Cc2ccc(OC)cc2C)n1. The number of aryl methyl sites for hydroxylation is 1. The van der Waals surface area contributed by atoms with Gasteiger partial charge in [-0.3, -0.25) is 4.79 Å². The molecule has 2 rings (SSSR count). The largest absolute Gasteiger partial charge is 0.497 e. The Morgan fingerprint density at radius 2 is 2.25 bits per heavy atom. The van der Waals surface area contributed by atoms with Crippen LogP contribution in [0.3, 0.4) is 0 Å². The van der Waals surface area contributed by atoms with Gasteiger partial charge in [0.25, 0.3) is 0 Å². The van der Waals surface area contributed by atoms with Gasteiger partial charge in [0.15, 0.2) is 5.82 Å². The van der Waals surface area contributed by atoms with Crippen LogP contribution in [0.1, 0.15) is 22.8 Å². The van der Waals surface area contributed by atoms with E-state index >= 15 is 0 Å². The second-order valence-corrected chi connectivity index (χ2v) is 4.42. The van der Waals surface area contributed by atoms with Gasteiger partial charge in [-0.2, -0.15) is 4.98 Å². The van der Waals surface area contributed by atoms with E-state index in [9.17, 15) is 4.79 Å². The van der Waals surface area contributed by atoms with Crippen LogP contribution in [0.5, 0.6) is 5.75 Å². The highest BCUT2D eigenvalue weighted by atomic mass is 16.5. The van der Waals surface area contributed by atoms with E-state index in [1.165, 1.54) is 0 Å². The summed E-state index contributed by atoms with van der Waals surface area (Å²) in [6.07, 6.45) is 0.665. The molecule has 1 amide bonds. The molecule has 0 radical (unpaired) electrons. The number of ether oxygens (including phenoxy) is 1. The van der Waals surface area contributed by atoms with Crippen molar-refractivity contribution in [2.24, 2.45) is 0 Å². The Labute approximate surface area is 117 Å². The minimum atomic E-state index is -0.141. The monoisotopic (exact) mass is 275 g/mol. The zero-order chi connectivity index (χ0) is 14.5. The maximum absolute atomic E-state index is 11.2. The molecule has 1 N–H and O–H groups in total. The van der Waals surface area contributed by atoms with Gasteiger partial charge in [-0.15, -0.1) is 0 Å². The minimum Gasteiger partial charge on any atom is -0.497 e. The number of carbonyl (C=O) groups is 1. The Morgan fingerprint density at radius 1 is 1.45 bits per heavy atom. The summed E-state index contributed by atoms with van der Waals surface area (Å²) in [5, 5.41) is 6.31. The molecule has 0 aliphatic rings. The molecule has 0 fully saturated rings. The molecule has 20 heavy (non-hydrogen) atoms. The van der Waals surface area contributed by atoms with E-state index in [-0.39, 0.29) is 12.3 Å². The molecule has 1 aromatic heterocycles. The van der Waals surface area contributed by atoms with Gasteiger partial charge in [0.1, 0.15) is 5.75 Å². The van der Waals surface area contributed by atoms with Crippen molar-refractivity contribution in [3.63, 3.8) is 0 Å². The van der Waals surface area contributed by atoms with Crippen LogP contribution in [0.15, 0.2) is 22.7 Å². The summed E-state index contributed by atoms with van der Waals surface area (Å²) in [6, 6.07) is 5.82. The molecule has 6 heteroatoms.